The molecule has 0 spiro atoms. The van der Waals surface area contributed by atoms with Crippen LogP contribution in [0.3, 0.4) is 0 Å². The number of morpholine rings is 1. The van der Waals surface area contributed by atoms with Gasteiger partial charge in [-0.05, 0) is 36.8 Å². The van der Waals surface area contributed by atoms with Crippen molar-refractivity contribution in [3.8, 4) is 11.8 Å². The number of anilines is 3. The number of benzene rings is 1. The van der Waals surface area contributed by atoms with Gasteiger partial charge in [-0.1, -0.05) is 11.8 Å². The smallest absolute Gasteiger partial charge is 0.242 e. The van der Waals surface area contributed by atoms with Crippen LogP contribution >= 0.6 is 0 Å². The van der Waals surface area contributed by atoms with Crippen LogP contribution in [0.2, 0.25) is 0 Å². The summed E-state index contributed by atoms with van der Waals surface area (Å²) >= 11 is 0. The van der Waals surface area contributed by atoms with Crippen molar-refractivity contribution in [2.24, 2.45) is 11.8 Å². The van der Waals surface area contributed by atoms with E-state index in [1.165, 1.54) is 0 Å². The third kappa shape index (κ3) is 5.03. The van der Waals surface area contributed by atoms with Crippen LogP contribution in [-0.2, 0) is 9.53 Å². The van der Waals surface area contributed by atoms with Gasteiger partial charge >= 0.3 is 0 Å². The van der Waals surface area contributed by atoms with Crippen LogP contribution in [0.1, 0.15) is 17.5 Å². The van der Waals surface area contributed by atoms with Crippen molar-refractivity contribution in [2.75, 3.05) is 48.9 Å². The molecule has 0 bridgehead atoms. The molecule has 1 saturated heterocycles. The SMILES string of the molecule is CNc1ncc(C#Cc2ccc(N3CCOCC3)cc2)c2cc(NC(=O)[C@H]3C[C@H]3C(F)F)ncc12. The largest absolute Gasteiger partial charge is 0.378 e. The van der Waals surface area contributed by atoms with Crippen molar-refractivity contribution in [3.63, 3.8) is 0 Å². The summed E-state index contributed by atoms with van der Waals surface area (Å²) in [6, 6.07) is 9.78. The van der Waals surface area contributed by atoms with Gasteiger partial charge in [-0.2, -0.15) is 0 Å². The highest BCUT2D eigenvalue weighted by molar-refractivity contribution is 5.99. The van der Waals surface area contributed by atoms with Crippen molar-refractivity contribution in [2.45, 2.75) is 12.8 Å². The zero-order chi connectivity index (χ0) is 24.4. The number of fused-ring (bicyclic) bond motifs is 1. The number of amides is 1. The van der Waals surface area contributed by atoms with Crippen LogP contribution in [0, 0.1) is 23.7 Å². The van der Waals surface area contributed by atoms with Gasteiger partial charge in [0.1, 0.15) is 11.6 Å². The number of rotatable bonds is 5. The zero-order valence-corrected chi connectivity index (χ0v) is 19.2. The van der Waals surface area contributed by atoms with E-state index >= 15 is 0 Å². The molecular weight excluding hydrogens is 452 g/mol. The monoisotopic (exact) mass is 477 g/mol. The summed E-state index contributed by atoms with van der Waals surface area (Å²) in [7, 11) is 1.76. The number of nitrogens with zero attached hydrogens (tertiary/aromatic N) is 3. The number of carbonyl (C=O) groups excluding carboxylic acids is 1. The molecule has 1 saturated carbocycles. The van der Waals surface area contributed by atoms with Crippen LogP contribution < -0.4 is 15.5 Å². The van der Waals surface area contributed by atoms with E-state index in [0.29, 0.717) is 17.2 Å². The molecule has 3 aromatic rings. The highest BCUT2D eigenvalue weighted by Crippen LogP contribution is 2.43. The minimum atomic E-state index is -2.48. The molecule has 9 heteroatoms. The number of nitrogens with one attached hydrogen (secondary N) is 2. The number of alkyl halides is 2. The maximum absolute atomic E-state index is 12.8. The maximum atomic E-state index is 12.8. The minimum absolute atomic E-state index is 0.200. The number of halogens is 2. The molecular formula is C26H25F2N5O2. The van der Waals surface area contributed by atoms with Crippen LogP contribution in [0.4, 0.5) is 26.1 Å². The molecule has 35 heavy (non-hydrogen) atoms. The van der Waals surface area contributed by atoms with E-state index in [-0.39, 0.29) is 6.42 Å². The second-order valence-corrected chi connectivity index (χ2v) is 8.61. The molecule has 7 nitrogen and oxygen atoms in total. The van der Waals surface area contributed by atoms with E-state index in [1.54, 1.807) is 25.5 Å². The summed E-state index contributed by atoms with van der Waals surface area (Å²) in [6.45, 7) is 3.21. The summed E-state index contributed by atoms with van der Waals surface area (Å²) in [5, 5.41) is 7.21. The number of hydrogen-bond donors (Lipinski definition) is 2. The van der Waals surface area contributed by atoms with E-state index in [4.69, 9.17) is 4.74 Å². The molecule has 0 unspecified atom stereocenters. The third-order valence-corrected chi connectivity index (χ3v) is 6.35. The van der Waals surface area contributed by atoms with Gasteiger partial charge in [-0.15, -0.1) is 0 Å². The van der Waals surface area contributed by atoms with Crippen LogP contribution in [0.25, 0.3) is 10.8 Å². The maximum Gasteiger partial charge on any atom is 0.242 e. The van der Waals surface area contributed by atoms with E-state index in [0.717, 1.165) is 48.3 Å². The average Bonchev–Trinajstić information content (AvgIpc) is 3.70. The first kappa shape index (κ1) is 23.0. The standard InChI is InChI=1S/C26H25F2N5O2/c1-29-25-22-15-30-23(32-26(34)21-12-20(21)24(27)28)13-19(22)17(14-31-25)5-2-16-3-6-18(7-4-16)33-8-10-35-11-9-33/h3-4,6-7,13-15,20-21,24H,8-12H2,1H3,(H,29,31)(H,30,32,34)/t20-,21+/m1/s1. The van der Waals surface area contributed by atoms with Crippen molar-refractivity contribution < 1.29 is 18.3 Å². The Hall–Kier alpha value is -3.77. The molecule has 2 N–H and O–H groups in total. The minimum Gasteiger partial charge on any atom is -0.378 e. The fourth-order valence-corrected chi connectivity index (χ4v) is 4.23. The average molecular weight is 478 g/mol. The molecule has 0 radical (unpaired) electrons. The van der Waals surface area contributed by atoms with Crippen LogP contribution in [0.5, 0.6) is 0 Å². The molecule has 180 valence electrons. The first-order valence-corrected chi connectivity index (χ1v) is 11.5. The zero-order valence-electron chi connectivity index (χ0n) is 19.2. The molecule has 1 aliphatic heterocycles. The summed E-state index contributed by atoms with van der Waals surface area (Å²) in [4.78, 5) is 23.3. The summed E-state index contributed by atoms with van der Waals surface area (Å²) < 4.78 is 31.1. The normalized spacial score (nSPS) is 19.3. The van der Waals surface area contributed by atoms with E-state index < -0.39 is 24.2 Å². The molecule has 5 rings (SSSR count). The topological polar surface area (TPSA) is 79.4 Å². The lowest BCUT2D eigenvalue weighted by Crippen LogP contribution is -2.36. The van der Waals surface area contributed by atoms with E-state index in [1.807, 2.05) is 12.1 Å². The Kier molecular flexibility index (Phi) is 6.47. The molecule has 2 aromatic heterocycles. The number of aromatic nitrogens is 2. The van der Waals surface area contributed by atoms with Gasteiger partial charge in [0, 0.05) is 66.4 Å². The first-order chi connectivity index (χ1) is 17.0. The van der Waals surface area contributed by atoms with Crippen molar-refractivity contribution in [3.05, 3.63) is 53.9 Å². The third-order valence-electron chi connectivity index (χ3n) is 6.35. The second-order valence-electron chi connectivity index (χ2n) is 8.61. The summed E-state index contributed by atoms with van der Waals surface area (Å²) in [6.07, 6.45) is 0.988. The van der Waals surface area contributed by atoms with Gasteiger partial charge < -0.3 is 20.3 Å². The number of ether oxygens (including phenoxy) is 1. The number of hydrogen-bond acceptors (Lipinski definition) is 6. The number of pyridine rings is 2. The predicted octanol–water partition coefficient (Wildman–Crippen LogP) is 3.75. The molecule has 1 aromatic carbocycles. The fourth-order valence-electron chi connectivity index (χ4n) is 4.23. The van der Waals surface area contributed by atoms with Gasteiger partial charge in [0.25, 0.3) is 0 Å². The Morgan fingerprint density at radius 3 is 2.57 bits per heavy atom. The van der Waals surface area contributed by atoms with Gasteiger partial charge in [-0.25, -0.2) is 18.7 Å². The van der Waals surface area contributed by atoms with Gasteiger partial charge in [-0.3, -0.25) is 4.79 Å². The predicted molar refractivity (Wildman–Crippen MR) is 131 cm³/mol. The lowest BCUT2D eigenvalue weighted by Gasteiger charge is -2.28. The first-order valence-electron chi connectivity index (χ1n) is 11.5. The van der Waals surface area contributed by atoms with Crippen LogP contribution in [-0.4, -0.2) is 55.7 Å². The Morgan fingerprint density at radius 1 is 1.11 bits per heavy atom. The number of carbonyl (C=O) groups is 1. The molecule has 1 aliphatic carbocycles. The Morgan fingerprint density at radius 2 is 1.89 bits per heavy atom. The highest BCUT2D eigenvalue weighted by Gasteiger charge is 2.48. The van der Waals surface area contributed by atoms with E-state index in [2.05, 4.69) is 49.5 Å². The molecule has 3 heterocycles. The molecule has 2 aliphatic rings. The highest BCUT2D eigenvalue weighted by atomic mass is 19.3. The quantitative estimate of drug-likeness (QED) is 0.545. The summed E-state index contributed by atoms with van der Waals surface area (Å²) in [5.74, 6) is 5.32. The Bertz CT molecular complexity index is 1300. The lowest BCUT2D eigenvalue weighted by molar-refractivity contribution is -0.118. The van der Waals surface area contributed by atoms with Crippen molar-refractivity contribution in [1.29, 1.82) is 0 Å². The van der Waals surface area contributed by atoms with Gasteiger partial charge in [0.15, 0.2) is 0 Å². The van der Waals surface area contributed by atoms with Gasteiger partial charge in [0.05, 0.1) is 18.8 Å². The molecule has 2 atom stereocenters. The van der Waals surface area contributed by atoms with Gasteiger partial charge in [0.2, 0.25) is 12.3 Å². The van der Waals surface area contributed by atoms with Crippen LogP contribution in [0.15, 0.2) is 42.7 Å². The fraction of sp³-hybridized carbons (Fsp3) is 0.346. The summed E-state index contributed by atoms with van der Waals surface area (Å²) in [5.41, 5.74) is 2.67. The van der Waals surface area contributed by atoms with Crippen molar-refractivity contribution in [1.82, 2.24) is 9.97 Å². The molecule has 2 fully saturated rings. The Balaban J connectivity index is 1.39. The second kappa shape index (κ2) is 9.84. The van der Waals surface area contributed by atoms with Crippen molar-refractivity contribution >= 4 is 34.0 Å². The Labute approximate surface area is 201 Å². The van der Waals surface area contributed by atoms with E-state index in [9.17, 15) is 13.6 Å². The molecule has 1 amide bonds. The lowest BCUT2D eigenvalue weighted by atomic mass is 10.1.